The van der Waals surface area contributed by atoms with Crippen molar-refractivity contribution in [1.29, 1.82) is 0 Å². The number of rotatable bonds is 0. The third-order valence-electron chi connectivity index (χ3n) is 25.9. The first-order valence-corrected chi connectivity index (χ1v) is 47.4. The Balaban J connectivity index is 0.982. The summed E-state index contributed by atoms with van der Waals surface area (Å²) in [4.78, 5) is 69.4. The second-order valence-corrected chi connectivity index (χ2v) is 35.3. The molecule has 12 aromatic rings. The lowest BCUT2D eigenvalue weighted by Crippen LogP contribution is -2.31. The number of benzene rings is 12. The molecule has 0 atom stereocenters. The zero-order chi connectivity index (χ0) is 98.0. The Kier molecular flexibility index (Phi) is 30.2. The van der Waals surface area contributed by atoms with Crippen molar-refractivity contribution < 1.29 is 61.3 Å². The molecule has 28 heteroatoms. The summed E-state index contributed by atoms with van der Waals surface area (Å²) in [5.41, 5.74) is 14.5. The first-order chi connectivity index (χ1) is 69.3. The molecule has 12 N–H and O–H groups in total. The van der Waals surface area contributed by atoms with E-state index in [2.05, 4.69) is 19.6 Å². The van der Waals surface area contributed by atoms with Crippen LogP contribution in [0.15, 0.2) is 278 Å². The van der Waals surface area contributed by atoms with E-state index in [9.17, 15) is 61.3 Å². The lowest BCUT2D eigenvalue weighted by atomic mass is 9.84. The zero-order valence-corrected chi connectivity index (χ0v) is 78.2. The molecule has 18 rings (SSSR count). The Morgan fingerprint density at radius 3 is 0.296 bits per heavy atom. The second kappa shape index (κ2) is 44.9. The quantitative estimate of drug-likeness (QED) is 0.0671. The maximum atomic E-state index is 12.2. The lowest BCUT2D eigenvalue weighted by Gasteiger charge is -2.21. The second-order valence-electron chi connectivity index (χ2n) is 35.3. The first kappa shape index (κ1) is 95.6. The maximum absolute atomic E-state index is 12.2. The summed E-state index contributed by atoms with van der Waals surface area (Å²) < 4.78 is 0. The van der Waals surface area contributed by atoms with E-state index in [-0.39, 0.29) is 148 Å². The van der Waals surface area contributed by atoms with E-state index in [4.69, 9.17) is 59.9 Å². The molecule has 28 nitrogen and oxygen atoms in total. The van der Waals surface area contributed by atoms with Gasteiger partial charge in [0.25, 0.3) is 0 Å². The van der Waals surface area contributed by atoms with E-state index in [1.54, 1.807) is 220 Å². The van der Waals surface area contributed by atoms with E-state index in [0.717, 1.165) is 0 Å². The van der Waals surface area contributed by atoms with Crippen molar-refractivity contribution >= 4 is 108 Å². The molecule has 6 heterocycles. The highest BCUT2D eigenvalue weighted by Gasteiger charge is 2.28. The van der Waals surface area contributed by atoms with Crippen LogP contribution in [-0.4, -0.2) is 313 Å². The Morgan fingerprint density at radius 1 is 0.127 bits per heavy atom. The number of fused-ring (bicyclic) bond motifs is 24. The fourth-order valence-electron chi connectivity index (χ4n) is 18.2. The molecule has 0 unspecified atom stereocenters. The Labute approximate surface area is 822 Å². The van der Waals surface area contributed by atoms with Gasteiger partial charge >= 0.3 is 0 Å². The predicted molar refractivity (Wildman–Crippen MR) is 568 cm³/mol. The first-order valence-electron chi connectivity index (χ1n) is 47.4. The number of phenolic OH excluding ortho intramolecular Hbond substituents is 12. The highest BCUT2D eigenvalue weighted by Crippen LogP contribution is 2.46. The molecule has 0 fully saturated rings. The van der Waals surface area contributed by atoms with Crippen LogP contribution in [0.4, 0.5) is 0 Å². The number of aliphatic imine (C=N–C) groups is 12. The van der Waals surface area contributed by atoms with Crippen LogP contribution in [0.2, 0.25) is 0 Å². The molecule has 0 aliphatic carbocycles. The van der Waals surface area contributed by atoms with Crippen molar-refractivity contribution in [3.05, 3.63) is 352 Å². The molecule has 0 saturated carbocycles. The fourth-order valence-corrected chi connectivity index (χ4v) is 18.2. The molecule has 0 amide bonds. The summed E-state index contributed by atoms with van der Waals surface area (Å²) in [5, 5.41) is 147. The highest BCUT2D eigenvalue weighted by molar-refractivity contribution is 6.11. The van der Waals surface area contributed by atoms with Crippen molar-refractivity contribution in [3.8, 4) is 69.0 Å². The van der Waals surface area contributed by atoms with Crippen molar-refractivity contribution in [2.24, 2.45) is 59.9 Å². The minimum Gasteiger partial charge on any atom is -0.507 e. The largest absolute Gasteiger partial charge is 0.507 e. The van der Waals surface area contributed by atoms with Crippen molar-refractivity contribution in [2.45, 2.75) is 0 Å². The Morgan fingerprint density at radius 2 is 0.211 bits per heavy atom. The van der Waals surface area contributed by atoms with Gasteiger partial charge in [0.05, 0.1) is 78.5 Å². The third-order valence-corrected chi connectivity index (χ3v) is 25.9. The van der Waals surface area contributed by atoms with E-state index in [1.165, 1.54) is 0 Å². The average Bonchev–Trinajstić information content (AvgIpc) is 0.771. The van der Waals surface area contributed by atoms with Gasteiger partial charge in [-0.2, -0.15) is 0 Å². The van der Waals surface area contributed by atoms with Crippen LogP contribution in [0.5, 0.6) is 69.0 Å². The van der Waals surface area contributed by atoms with Gasteiger partial charge in [-0.1, -0.05) is 72.8 Å². The summed E-state index contributed by atoms with van der Waals surface area (Å²) in [5.74, 6) is -0.972. The van der Waals surface area contributed by atoms with E-state index < -0.39 is 0 Å². The number of phenols is 12. The van der Waals surface area contributed by atoms with Gasteiger partial charge in [-0.05, 0) is 246 Å². The van der Waals surface area contributed by atoms with Crippen LogP contribution < -0.4 is 0 Å². The molecular weight excluding hydrogens is 1790 g/mol. The number of aromatic hydroxyl groups is 12. The molecule has 0 spiro atoms. The lowest BCUT2D eigenvalue weighted by molar-refractivity contribution is 0.298. The highest BCUT2D eigenvalue weighted by atomic mass is 16.3. The summed E-state index contributed by atoms with van der Waals surface area (Å²) in [6, 6.07) is 62.9. The Bertz CT molecular complexity index is 5770. The minimum absolute atomic E-state index is 0.0810. The van der Waals surface area contributed by atoms with Crippen molar-refractivity contribution in [1.82, 2.24) is 19.6 Å². The molecular formula is C114H108N16O12. The third kappa shape index (κ3) is 23.0. The van der Waals surface area contributed by atoms with Gasteiger partial charge in [-0.15, -0.1) is 0 Å². The summed E-state index contributed by atoms with van der Waals surface area (Å²) in [6.45, 7) is 6.03. The van der Waals surface area contributed by atoms with Gasteiger partial charge in [-0.25, -0.2) is 0 Å². The summed E-state index contributed by atoms with van der Waals surface area (Å²) in [6.07, 6.45) is 19.6. The molecule has 0 saturated heterocycles. The number of hydrogen-bond donors (Lipinski definition) is 12. The molecule has 28 bridgehead atoms. The predicted octanol–water partition coefficient (Wildman–Crippen LogP) is 14.9. The molecule has 142 heavy (non-hydrogen) atoms. The average molecular weight is 1890 g/mol. The monoisotopic (exact) mass is 1890 g/mol. The van der Waals surface area contributed by atoms with E-state index >= 15 is 0 Å². The molecule has 6 aliphatic rings. The van der Waals surface area contributed by atoms with E-state index in [1.807, 2.05) is 72.8 Å². The van der Waals surface area contributed by atoms with Gasteiger partial charge in [0, 0.05) is 220 Å². The SMILES string of the molecule is Oc1ccc2cc1C=NCCN1CCN=Cc3cc(ccc3O)C3=C4c5ccc(O)c(c5)C=NCCN5CCN=Cc6cc(ccc6O)C6=C2c2ccc(O)c(c2)C=NCCN(CCN=Cc2cc3ccc2O)CCN=Cc2cc(ccc2O)C(=C(c2ccc(O)c(c2)C=NCC5)c2ccc(O)c(c2)C=NCCN(CCN=Cc2cc6ccc2O)CCN=Cc2cc4ccc2O)c2ccc(O)c(c2)C=NCC1. The van der Waals surface area contributed by atoms with Crippen molar-refractivity contribution in [3.63, 3.8) is 0 Å². The number of hydrogen-bond acceptors (Lipinski definition) is 28. The van der Waals surface area contributed by atoms with Gasteiger partial charge in [-0.3, -0.25) is 79.5 Å². The van der Waals surface area contributed by atoms with Crippen LogP contribution in [0, 0.1) is 0 Å². The standard InChI is InChI=1S/C114H108N16O12/c131-97-13-1-73-49-85(97)61-115-25-37-127-39-29-119-65-89-53-77(5-17-101(89)135)111-79-7-19-103(137)91(55-79)67-121-31-43-128-38-26-116-62-86-50-74(2-14-98(86)132)109(73)110-75-3-15-99(133)87(51-75)63-117-27-41-129-45-33-123-69-93-57-81(9-21-105(93)139)113(111)83-11-23-107(141)95(59-83)71-125-35-47-130(42-28-118-64-88-52-76(110)4-16-100(88)134)48-36-126-72-96-60-84(12-24-108(96)142)114(82-10-22-106(140)94(58-82)70-124-34-46-129)112(78-6-18-102(136)90(54-78)66-120-30-40-127)80-8-20-104(138)92(56-80)68-122-32-44-128/h1-24,49-72,131-142H,25-48H2. The van der Waals surface area contributed by atoms with E-state index in [0.29, 0.717) is 245 Å². The van der Waals surface area contributed by atoms with Gasteiger partial charge < -0.3 is 61.3 Å². The smallest absolute Gasteiger partial charge is 0.124 e. The van der Waals surface area contributed by atoms with Crippen LogP contribution in [0.25, 0.3) is 33.4 Å². The van der Waals surface area contributed by atoms with Gasteiger partial charge in [0.15, 0.2) is 0 Å². The molecule has 12 aromatic carbocycles. The normalized spacial score (nSPS) is 18.1. The minimum atomic E-state index is -0.0810. The Hall–Kier alpha value is -16.7. The van der Waals surface area contributed by atoms with Crippen LogP contribution >= 0.6 is 0 Å². The van der Waals surface area contributed by atoms with Crippen LogP contribution in [0.1, 0.15) is 134 Å². The zero-order valence-electron chi connectivity index (χ0n) is 78.2. The molecule has 0 aromatic heterocycles. The summed E-state index contributed by atoms with van der Waals surface area (Å²) in [7, 11) is 0. The maximum Gasteiger partial charge on any atom is 0.124 e. The number of nitrogens with zero attached hydrogens (tertiary/aromatic N) is 16. The molecule has 716 valence electrons. The summed E-state index contributed by atoms with van der Waals surface area (Å²) >= 11 is 0. The molecule has 6 aliphatic heterocycles. The van der Waals surface area contributed by atoms with Crippen LogP contribution in [0.3, 0.4) is 0 Å². The topological polar surface area (TPSA) is 404 Å². The fraction of sp³-hybridized carbons (Fsp3) is 0.211. The molecule has 0 radical (unpaired) electrons. The van der Waals surface area contributed by atoms with Gasteiger partial charge in [0.1, 0.15) is 69.0 Å². The van der Waals surface area contributed by atoms with Crippen LogP contribution in [-0.2, 0) is 0 Å². The van der Waals surface area contributed by atoms with Gasteiger partial charge in [0.2, 0.25) is 0 Å². The van der Waals surface area contributed by atoms with Crippen molar-refractivity contribution in [2.75, 3.05) is 157 Å².